The van der Waals surface area contributed by atoms with Gasteiger partial charge in [-0.1, -0.05) is 33.6 Å². The van der Waals surface area contributed by atoms with E-state index in [-0.39, 0.29) is 10.0 Å². The number of hydrogen-bond acceptors (Lipinski definition) is 2. The third-order valence-electron chi connectivity index (χ3n) is 2.81. The first-order valence-corrected chi connectivity index (χ1v) is 6.77. The van der Waals surface area contributed by atoms with E-state index in [0.29, 0.717) is 10.8 Å². The van der Waals surface area contributed by atoms with Crippen LogP contribution in [0.5, 0.6) is 5.75 Å². The Morgan fingerprint density at radius 1 is 1.20 bits per heavy atom. The van der Waals surface area contributed by atoms with Crippen molar-refractivity contribution >= 4 is 27.5 Å². The maximum absolute atomic E-state index is 13.8. The van der Waals surface area contributed by atoms with Crippen molar-refractivity contribution in [3.8, 4) is 5.75 Å². The van der Waals surface area contributed by atoms with Crippen LogP contribution >= 0.6 is 27.5 Å². The fraction of sp³-hybridized carbons (Fsp3) is 0.143. The smallest absolute Gasteiger partial charge is 0.137 e. The van der Waals surface area contributed by atoms with E-state index < -0.39 is 23.3 Å². The molecule has 0 aromatic heterocycles. The predicted molar refractivity (Wildman–Crippen MR) is 76.1 cm³/mol. The molecule has 20 heavy (non-hydrogen) atoms. The summed E-state index contributed by atoms with van der Waals surface area (Å²) < 4.78 is 32.9. The summed E-state index contributed by atoms with van der Waals surface area (Å²) in [6.45, 7) is 0. The van der Waals surface area contributed by atoms with Crippen molar-refractivity contribution in [1.29, 1.82) is 0 Å². The summed E-state index contributed by atoms with van der Waals surface area (Å²) >= 11 is 8.86. The summed E-state index contributed by atoms with van der Waals surface area (Å²) in [5, 5.41) is 10.5. The van der Waals surface area contributed by atoms with Crippen LogP contribution in [0.25, 0.3) is 0 Å². The first kappa shape index (κ1) is 15.2. The molecule has 1 atom stereocenters. The van der Waals surface area contributed by atoms with E-state index >= 15 is 0 Å². The van der Waals surface area contributed by atoms with Gasteiger partial charge in [-0.3, -0.25) is 0 Å². The zero-order valence-electron chi connectivity index (χ0n) is 10.3. The molecule has 0 aliphatic rings. The third kappa shape index (κ3) is 2.95. The number of rotatable bonds is 3. The zero-order chi connectivity index (χ0) is 14.9. The summed E-state index contributed by atoms with van der Waals surface area (Å²) in [6, 6.07) is 6.60. The molecule has 1 unspecified atom stereocenters. The molecule has 2 aromatic rings. The lowest BCUT2D eigenvalue weighted by Gasteiger charge is -2.15. The Bertz CT molecular complexity index is 626. The van der Waals surface area contributed by atoms with E-state index in [1.807, 2.05) is 0 Å². The van der Waals surface area contributed by atoms with Gasteiger partial charge in [-0.05, 0) is 29.8 Å². The molecule has 0 radical (unpaired) electrons. The molecule has 0 fully saturated rings. The van der Waals surface area contributed by atoms with Crippen LogP contribution in [-0.2, 0) is 0 Å². The van der Waals surface area contributed by atoms with E-state index in [1.165, 1.54) is 25.3 Å². The molecule has 2 aromatic carbocycles. The monoisotopic (exact) mass is 362 g/mol. The van der Waals surface area contributed by atoms with Gasteiger partial charge >= 0.3 is 0 Å². The Kier molecular flexibility index (Phi) is 4.62. The minimum atomic E-state index is -1.45. The number of aliphatic hydroxyl groups excluding tert-OH is 1. The van der Waals surface area contributed by atoms with Crippen LogP contribution in [0.1, 0.15) is 17.2 Å². The van der Waals surface area contributed by atoms with E-state index in [4.69, 9.17) is 16.3 Å². The normalized spacial score (nSPS) is 12.3. The van der Waals surface area contributed by atoms with Gasteiger partial charge < -0.3 is 9.84 Å². The Morgan fingerprint density at radius 2 is 1.80 bits per heavy atom. The minimum Gasteiger partial charge on any atom is -0.495 e. The molecule has 0 bridgehead atoms. The second-order valence-corrected chi connectivity index (χ2v) is 5.40. The average molecular weight is 364 g/mol. The van der Waals surface area contributed by atoms with E-state index in [2.05, 4.69) is 15.9 Å². The Labute approximate surface area is 128 Å². The van der Waals surface area contributed by atoms with Gasteiger partial charge in [0.2, 0.25) is 0 Å². The quantitative estimate of drug-likeness (QED) is 0.872. The Hall–Kier alpha value is -1.17. The molecule has 0 saturated carbocycles. The first-order valence-electron chi connectivity index (χ1n) is 5.60. The summed E-state index contributed by atoms with van der Waals surface area (Å²) in [5.74, 6) is -1.35. The molecule has 1 N–H and O–H groups in total. The fourth-order valence-corrected chi connectivity index (χ4v) is 2.42. The first-order chi connectivity index (χ1) is 9.43. The van der Waals surface area contributed by atoms with Crippen molar-refractivity contribution in [3.05, 3.63) is 62.6 Å². The molecule has 2 rings (SSSR count). The number of halogens is 4. The largest absolute Gasteiger partial charge is 0.495 e. The molecule has 106 valence electrons. The number of ether oxygens (including phenoxy) is 1. The summed E-state index contributed by atoms with van der Waals surface area (Å²) in [6.07, 6.45) is -1.45. The van der Waals surface area contributed by atoms with Crippen molar-refractivity contribution in [2.75, 3.05) is 7.11 Å². The van der Waals surface area contributed by atoms with Crippen molar-refractivity contribution in [2.45, 2.75) is 6.10 Å². The average Bonchev–Trinajstić information content (AvgIpc) is 2.37. The number of hydrogen-bond donors (Lipinski definition) is 1. The summed E-state index contributed by atoms with van der Waals surface area (Å²) in [4.78, 5) is 0. The van der Waals surface area contributed by atoms with E-state index in [0.717, 1.165) is 12.1 Å². The van der Waals surface area contributed by atoms with Gasteiger partial charge in [-0.2, -0.15) is 0 Å². The standard InChI is InChI=1S/C14H10BrClF2O2/c1-20-12-4-7(2-3-9(12)16)14(19)13-10(17)5-8(15)6-11(13)18/h2-6,14,19H,1H3. The van der Waals surface area contributed by atoms with Gasteiger partial charge in [-0.15, -0.1) is 0 Å². The summed E-state index contributed by atoms with van der Waals surface area (Å²) in [7, 11) is 1.41. The molecular formula is C14H10BrClF2O2. The zero-order valence-corrected chi connectivity index (χ0v) is 12.7. The third-order valence-corrected chi connectivity index (χ3v) is 3.58. The van der Waals surface area contributed by atoms with Gasteiger partial charge in [0.1, 0.15) is 23.5 Å². The van der Waals surface area contributed by atoms with Crippen LogP contribution in [0.2, 0.25) is 5.02 Å². The van der Waals surface area contributed by atoms with Crippen molar-refractivity contribution < 1.29 is 18.6 Å². The van der Waals surface area contributed by atoms with Crippen molar-refractivity contribution in [3.63, 3.8) is 0 Å². The van der Waals surface area contributed by atoms with Gasteiger partial charge in [0, 0.05) is 4.47 Å². The highest BCUT2D eigenvalue weighted by atomic mass is 79.9. The van der Waals surface area contributed by atoms with Crippen LogP contribution in [0.4, 0.5) is 8.78 Å². The van der Waals surface area contributed by atoms with Crippen molar-refractivity contribution in [1.82, 2.24) is 0 Å². The van der Waals surface area contributed by atoms with Crippen LogP contribution < -0.4 is 4.74 Å². The van der Waals surface area contributed by atoms with Gasteiger partial charge in [0.05, 0.1) is 17.7 Å². The van der Waals surface area contributed by atoms with Gasteiger partial charge in [0.15, 0.2) is 0 Å². The van der Waals surface area contributed by atoms with Gasteiger partial charge in [-0.25, -0.2) is 8.78 Å². The molecule has 0 saturated heterocycles. The van der Waals surface area contributed by atoms with E-state index in [1.54, 1.807) is 0 Å². The van der Waals surface area contributed by atoms with Crippen LogP contribution in [-0.4, -0.2) is 12.2 Å². The molecular weight excluding hydrogens is 354 g/mol. The van der Waals surface area contributed by atoms with Crippen LogP contribution in [0, 0.1) is 11.6 Å². The predicted octanol–water partition coefficient (Wildman–Crippen LogP) is 4.47. The van der Waals surface area contributed by atoms with Crippen molar-refractivity contribution in [2.24, 2.45) is 0 Å². The lowest BCUT2D eigenvalue weighted by molar-refractivity contribution is 0.208. The van der Waals surface area contributed by atoms with Gasteiger partial charge in [0.25, 0.3) is 0 Å². The molecule has 0 aliphatic heterocycles. The lowest BCUT2D eigenvalue weighted by atomic mass is 10.0. The molecule has 0 heterocycles. The molecule has 0 amide bonds. The van der Waals surface area contributed by atoms with E-state index in [9.17, 15) is 13.9 Å². The highest BCUT2D eigenvalue weighted by Gasteiger charge is 2.21. The minimum absolute atomic E-state index is 0.261. The molecule has 2 nitrogen and oxygen atoms in total. The second kappa shape index (κ2) is 6.08. The van der Waals surface area contributed by atoms with Crippen LogP contribution in [0.3, 0.4) is 0 Å². The number of methoxy groups -OCH3 is 1. The highest BCUT2D eigenvalue weighted by molar-refractivity contribution is 9.10. The Balaban J connectivity index is 2.49. The number of aliphatic hydroxyl groups is 1. The summed E-state index contributed by atoms with van der Waals surface area (Å²) in [5.41, 5.74) is -0.135. The Morgan fingerprint density at radius 3 is 2.35 bits per heavy atom. The number of benzene rings is 2. The second-order valence-electron chi connectivity index (χ2n) is 4.08. The molecule has 0 aliphatic carbocycles. The maximum Gasteiger partial charge on any atom is 0.137 e. The SMILES string of the molecule is COc1cc(C(O)c2c(F)cc(Br)cc2F)ccc1Cl. The highest BCUT2D eigenvalue weighted by Crippen LogP contribution is 2.33. The fourth-order valence-electron chi connectivity index (χ4n) is 1.83. The topological polar surface area (TPSA) is 29.5 Å². The molecule has 0 spiro atoms. The maximum atomic E-state index is 13.8. The molecule has 6 heteroatoms. The lowest BCUT2D eigenvalue weighted by Crippen LogP contribution is -2.06. The van der Waals surface area contributed by atoms with Crippen LogP contribution in [0.15, 0.2) is 34.8 Å².